The predicted molar refractivity (Wildman–Crippen MR) is 71.5 cm³/mol. The topological polar surface area (TPSA) is 57.0 Å². The number of aromatic nitrogens is 3. The number of carbonyl (C=O) groups is 1. The molecule has 106 valence electrons. The van der Waals surface area contributed by atoms with Crippen molar-refractivity contribution in [3.8, 4) is 11.4 Å². The maximum atomic E-state index is 13.3. The Kier molecular flexibility index (Phi) is 4.12. The van der Waals surface area contributed by atoms with Crippen LogP contribution in [0, 0.1) is 12.7 Å². The second-order valence-electron chi connectivity index (χ2n) is 4.40. The van der Waals surface area contributed by atoms with Gasteiger partial charge < -0.3 is 4.74 Å². The summed E-state index contributed by atoms with van der Waals surface area (Å²) in [7, 11) is 1.33. The van der Waals surface area contributed by atoms with E-state index in [9.17, 15) is 9.18 Å². The normalized spacial score (nSPS) is 10.6. The molecule has 0 fully saturated rings. The molecule has 0 N–H and O–H groups in total. The van der Waals surface area contributed by atoms with Gasteiger partial charge in [0.1, 0.15) is 18.2 Å². The summed E-state index contributed by atoms with van der Waals surface area (Å²) in [5.74, 6) is 0.520. The molecule has 1 aromatic carbocycles. The second kappa shape index (κ2) is 5.81. The molecule has 0 unspecified atom stereocenters. The Morgan fingerprint density at radius 2 is 2.20 bits per heavy atom. The SMILES string of the molecule is CCc1nc(-c2ccc(F)c(C)c2)nn1CC(=O)OC. The van der Waals surface area contributed by atoms with Crippen molar-refractivity contribution in [3.05, 3.63) is 35.4 Å². The summed E-state index contributed by atoms with van der Waals surface area (Å²) in [4.78, 5) is 15.7. The van der Waals surface area contributed by atoms with E-state index in [2.05, 4.69) is 14.8 Å². The van der Waals surface area contributed by atoms with E-state index in [4.69, 9.17) is 0 Å². The zero-order chi connectivity index (χ0) is 14.7. The molecular weight excluding hydrogens is 261 g/mol. The van der Waals surface area contributed by atoms with Gasteiger partial charge in [-0.25, -0.2) is 14.1 Å². The summed E-state index contributed by atoms with van der Waals surface area (Å²) < 4.78 is 19.4. The van der Waals surface area contributed by atoms with E-state index < -0.39 is 0 Å². The lowest BCUT2D eigenvalue weighted by Gasteiger charge is -2.01. The summed E-state index contributed by atoms with van der Waals surface area (Å²) in [6.07, 6.45) is 0.643. The number of benzene rings is 1. The van der Waals surface area contributed by atoms with E-state index in [-0.39, 0.29) is 18.3 Å². The molecular formula is C14H16FN3O2. The Labute approximate surface area is 116 Å². The summed E-state index contributed by atoms with van der Waals surface area (Å²) in [6.45, 7) is 3.63. The quantitative estimate of drug-likeness (QED) is 0.803. The van der Waals surface area contributed by atoms with Crippen molar-refractivity contribution in [2.75, 3.05) is 7.11 Å². The third-order valence-corrected chi connectivity index (χ3v) is 2.99. The van der Waals surface area contributed by atoms with E-state index in [1.54, 1.807) is 19.1 Å². The van der Waals surface area contributed by atoms with Crippen LogP contribution in [0.4, 0.5) is 4.39 Å². The summed E-state index contributed by atoms with van der Waals surface area (Å²) in [6, 6.07) is 4.70. The Hall–Kier alpha value is -2.24. The lowest BCUT2D eigenvalue weighted by molar-refractivity contribution is -0.141. The molecule has 0 aliphatic carbocycles. The van der Waals surface area contributed by atoms with Gasteiger partial charge in [0.05, 0.1) is 7.11 Å². The van der Waals surface area contributed by atoms with Crippen molar-refractivity contribution >= 4 is 5.97 Å². The number of methoxy groups -OCH3 is 1. The maximum absolute atomic E-state index is 13.3. The van der Waals surface area contributed by atoms with Crippen LogP contribution in [0.5, 0.6) is 0 Å². The van der Waals surface area contributed by atoms with Crippen LogP contribution in [-0.4, -0.2) is 27.8 Å². The van der Waals surface area contributed by atoms with Crippen molar-refractivity contribution in [2.45, 2.75) is 26.8 Å². The Bertz CT molecular complexity index is 637. The fraction of sp³-hybridized carbons (Fsp3) is 0.357. The lowest BCUT2D eigenvalue weighted by Crippen LogP contribution is -2.15. The molecule has 0 radical (unpaired) electrons. The largest absolute Gasteiger partial charge is 0.468 e. The van der Waals surface area contributed by atoms with Crippen LogP contribution in [0.2, 0.25) is 0 Å². The predicted octanol–water partition coefficient (Wildman–Crippen LogP) is 2.13. The third kappa shape index (κ3) is 2.84. The van der Waals surface area contributed by atoms with Gasteiger partial charge in [0.2, 0.25) is 0 Å². The Morgan fingerprint density at radius 1 is 1.45 bits per heavy atom. The molecule has 0 aliphatic rings. The van der Waals surface area contributed by atoms with Crippen molar-refractivity contribution in [3.63, 3.8) is 0 Å². The molecule has 20 heavy (non-hydrogen) atoms. The van der Waals surface area contributed by atoms with Gasteiger partial charge >= 0.3 is 5.97 Å². The van der Waals surface area contributed by atoms with Crippen LogP contribution in [0.25, 0.3) is 11.4 Å². The van der Waals surface area contributed by atoms with Crippen LogP contribution in [0.1, 0.15) is 18.3 Å². The highest BCUT2D eigenvalue weighted by atomic mass is 19.1. The highest BCUT2D eigenvalue weighted by Crippen LogP contribution is 2.19. The first kappa shape index (κ1) is 14.2. The number of aryl methyl sites for hydroxylation is 2. The monoisotopic (exact) mass is 277 g/mol. The standard InChI is InChI=1S/C14H16FN3O2/c1-4-12-16-14(17-18(12)8-13(19)20-3)10-5-6-11(15)9(2)7-10/h5-7H,4,8H2,1-3H3. The molecule has 2 aromatic rings. The Balaban J connectivity index is 2.37. The van der Waals surface area contributed by atoms with Crippen LogP contribution >= 0.6 is 0 Å². The minimum absolute atomic E-state index is 0.0207. The third-order valence-electron chi connectivity index (χ3n) is 2.99. The van der Waals surface area contributed by atoms with Gasteiger partial charge in [0.15, 0.2) is 5.82 Å². The highest BCUT2D eigenvalue weighted by molar-refractivity contribution is 5.69. The van der Waals surface area contributed by atoms with Crippen molar-refractivity contribution in [1.82, 2.24) is 14.8 Å². The average molecular weight is 277 g/mol. The van der Waals surface area contributed by atoms with E-state index in [0.717, 1.165) is 5.56 Å². The second-order valence-corrected chi connectivity index (χ2v) is 4.40. The molecule has 0 aliphatic heterocycles. The van der Waals surface area contributed by atoms with Gasteiger partial charge in [-0.15, -0.1) is 0 Å². The van der Waals surface area contributed by atoms with Gasteiger partial charge in [-0.1, -0.05) is 6.92 Å². The van der Waals surface area contributed by atoms with Gasteiger partial charge in [0, 0.05) is 12.0 Å². The van der Waals surface area contributed by atoms with Crippen LogP contribution in [0.3, 0.4) is 0 Å². The molecule has 0 saturated heterocycles. The highest BCUT2D eigenvalue weighted by Gasteiger charge is 2.13. The summed E-state index contributed by atoms with van der Waals surface area (Å²) >= 11 is 0. The molecule has 0 saturated carbocycles. The molecule has 1 aromatic heterocycles. The van der Waals surface area contributed by atoms with E-state index in [0.29, 0.717) is 23.6 Å². The summed E-state index contributed by atoms with van der Waals surface area (Å²) in [5, 5.41) is 4.29. The molecule has 0 bridgehead atoms. The molecule has 0 spiro atoms. The first-order chi connectivity index (χ1) is 9.55. The lowest BCUT2D eigenvalue weighted by atomic mass is 10.1. The number of hydrogen-bond donors (Lipinski definition) is 0. The number of carbonyl (C=O) groups excluding carboxylic acids is 1. The van der Waals surface area contributed by atoms with Gasteiger partial charge in [-0.05, 0) is 30.7 Å². The smallest absolute Gasteiger partial charge is 0.327 e. The molecule has 6 heteroatoms. The van der Waals surface area contributed by atoms with E-state index >= 15 is 0 Å². The number of ether oxygens (including phenoxy) is 1. The fourth-order valence-corrected chi connectivity index (χ4v) is 1.86. The molecule has 1 heterocycles. The van der Waals surface area contributed by atoms with E-state index in [1.807, 2.05) is 6.92 Å². The minimum Gasteiger partial charge on any atom is -0.468 e. The number of halogens is 1. The number of hydrogen-bond acceptors (Lipinski definition) is 4. The molecule has 5 nitrogen and oxygen atoms in total. The molecule has 0 amide bonds. The Morgan fingerprint density at radius 3 is 2.80 bits per heavy atom. The average Bonchev–Trinajstić information content (AvgIpc) is 2.84. The van der Waals surface area contributed by atoms with Crippen molar-refractivity contribution in [1.29, 1.82) is 0 Å². The van der Waals surface area contributed by atoms with Crippen LogP contribution < -0.4 is 0 Å². The minimum atomic E-state index is -0.383. The number of esters is 1. The molecule has 0 atom stereocenters. The summed E-state index contributed by atoms with van der Waals surface area (Å²) in [5.41, 5.74) is 1.26. The fourth-order valence-electron chi connectivity index (χ4n) is 1.86. The van der Waals surface area contributed by atoms with Crippen molar-refractivity contribution in [2.24, 2.45) is 0 Å². The van der Waals surface area contributed by atoms with Gasteiger partial charge in [-0.3, -0.25) is 4.79 Å². The number of rotatable bonds is 4. The first-order valence-corrected chi connectivity index (χ1v) is 6.32. The number of nitrogens with zero attached hydrogens (tertiary/aromatic N) is 3. The van der Waals surface area contributed by atoms with Crippen LogP contribution in [0.15, 0.2) is 18.2 Å². The van der Waals surface area contributed by atoms with Gasteiger partial charge in [-0.2, -0.15) is 5.10 Å². The van der Waals surface area contributed by atoms with Gasteiger partial charge in [0.25, 0.3) is 0 Å². The van der Waals surface area contributed by atoms with E-state index in [1.165, 1.54) is 17.9 Å². The van der Waals surface area contributed by atoms with Crippen LogP contribution in [-0.2, 0) is 22.5 Å². The first-order valence-electron chi connectivity index (χ1n) is 6.32. The zero-order valence-corrected chi connectivity index (χ0v) is 11.7. The molecule has 2 rings (SSSR count). The van der Waals surface area contributed by atoms with Crippen molar-refractivity contribution < 1.29 is 13.9 Å². The zero-order valence-electron chi connectivity index (χ0n) is 11.7. The maximum Gasteiger partial charge on any atom is 0.327 e.